The second kappa shape index (κ2) is 3.77. The Balaban J connectivity index is 2.15. The molecule has 0 aliphatic heterocycles. The minimum absolute atomic E-state index is 0.183. The van der Waals surface area contributed by atoms with Gasteiger partial charge in [-0.05, 0) is 34.5 Å². The van der Waals surface area contributed by atoms with Crippen LogP contribution in [0.5, 0.6) is 0 Å². The van der Waals surface area contributed by atoms with E-state index in [4.69, 9.17) is 10.2 Å². The standard InChI is InChI=1S/C13H11NOS/c14-12(11-5-2-7-15-11)10-4-1-3-9-6-8-16-13(9)10/h1-8,12H,14H2. The van der Waals surface area contributed by atoms with Gasteiger partial charge in [0.2, 0.25) is 0 Å². The second-order valence-corrected chi connectivity index (χ2v) is 4.60. The first kappa shape index (κ1) is 9.63. The lowest BCUT2D eigenvalue weighted by Gasteiger charge is -2.10. The molecular formula is C13H11NOS. The van der Waals surface area contributed by atoms with Crippen molar-refractivity contribution >= 4 is 21.4 Å². The molecule has 1 unspecified atom stereocenters. The Bertz CT molecular complexity index is 597. The topological polar surface area (TPSA) is 39.2 Å². The lowest BCUT2D eigenvalue weighted by Crippen LogP contribution is -2.10. The van der Waals surface area contributed by atoms with Crippen molar-refractivity contribution in [1.82, 2.24) is 0 Å². The van der Waals surface area contributed by atoms with Gasteiger partial charge in [-0.1, -0.05) is 18.2 Å². The number of thiophene rings is 1. The minimum Gasteiger partial charge on any atom is -0.467 e. The van der Waals surface area contributed by atoms with E-state index in [1.165, 1.54) is 10.1 Å². The number of fused-ring (bicyclic) bond motifs is 1. The molecule has 0 saturated heterocycles. The van der Waals surface area contributed by atoms with E-state index in [0.717, 1.165) is 11.3 Å². The first-order chi connectivity index (χ1) is 7.86. The molecule has 80 valence electrons. The summed E-state index contributed by atoms with van der Waals surface area (Å²) in [5.41, 5.74) is 7.33. The molecule has 16 heavy (non-hydrogen) atoms. The summed E-state index contributed by atoms with van der Waals surface area (Å²) in [7, 11) is 0. The summed E-state index contributed by atoms with van der Waals surface area (Å²) in [6.45, 7) is 0. The van der Waals surface area contributed by atoms with Gasteiger partial charge in [0.1, 0.15) is 5.76 Å². The molecule has 2 N–H and O–H groups in total. The van der Waals surface area contributed by atoms with Crippen LogP contribution in [0.4, 0.5) is 0 Å². The van der Waals surface area contributed by atoms with Crippen molar-refractivity contribution in [3.8, 4) is 0 Å². The van der Waals surface area contributed by atoms with Crippen molar-refractivity contribution in [3.05, 3.63) is 59.4 Å². The van der Waals surface area contributed by atoms with Crippen LogP contribution in [-0.2, 0) is 0 Å². The average Bonchev–Trinajstić information content (AvgIpc) is 2.98. The van der Waals surface area contributed by atoms with Crippen LogP contribution >= 0.6 is 11.3 Å². The number of benzene rings is 1. The summed E-state index contributed by atoms with van der Waals surface area (Å²) in [5, 5.41) is 3.33. The predicted molar refractivity (Wildman–Crippen MR) is 66.6 cm³/mol. The van der Waals surface area contributed by atoms with E-state index in [9.17, 15) is 0 Å². The van der Waals surface area contributed by atoms with Gasteiger partial charge in [-0.25, -0.2) is 0 Å². The van der Waals surface area contributed by atoms with E-state index in [1.807, 2.05) is 18.2 Å². The van der Waals surface area contributed by atoms with E-state index >= 15 is 0 Å². The third-order valence-corrected chi connectivity index (χ3v) is 3.67. The maximum Gasteiger partial charge on any atom is 0.125 e. The fourth-order valence-electron chi connectivity index (χ4n) is 1.88. The van der Waals surface area contributed by atoms with Crippen LogP contribution in [0.15, 0.2) is 52.5 Å². The molecule has 0 amide bonds. The predicted octanol–water partition coefficient (Wildman–Crippen LogP) is 3.54. The smallest absolute Gasteiger partial charge is 0.125 e. The Morgan fingerprint density at radius 3 is 2.88 bits per heavy atom. The van der Waals surface area contributed by atoms with Crippen LogP contribution in [0.25, 0.3) is 10.1 Å². The maximum atomic E-state index is 6.20. The third kappa shape index (κ3) is 1.45. The van der Waals surface area contributed by atoms with Crippen LogP contribution in [-0.4, -0.2) is 0 Å². The Morgan fingerprint density at radius 2 is 2.06 bits per heavy atom. The molecule has 3 rings (SSSR count). The van der Waals surface area contributed by atoms with Gasteiger partial charge in [-0.3, -0.25) is 0 Å². The highest BCUT2D eigenvalue weighted by molar-refractivity contribution is 7.17. The van der Waals surface area contributed by atoms with Crippen LogP contribution in [0.2, 0.25) is 0 Å². The Labute approximate surface area is 97.3 Å². The molecular weight excluding hydrogens is 218 g/mol. The molecule has 1 aromatic carbocycles. The summed E-state index contributed by atoms with van der Waals surface area (Å²) in [5.74, 6) is 0.806. The van der Waals surface area contributed by atoms with E-state index in [-0.39, 0.29) is 6.04 Å². The van der Waals surface area contributed by atoms with Gasteiger partial charge in [-0.2, -0.15) is 0 Å². The maximum absolute atomic E-state index is 6.20. The van der Waals surface area contributed by atoms with Crippen LogP contribution in [0.3, 0.4) is 0 Å². The zero-order chi connectivity index (χ0) is 11.0. The zero-order valence-corrected chi connectivity index (χ0v) is 9.41. The van der Waals surface area contributed by atoms with E-state index in [0.29, 0.717) is 0 Å². The summed E-state index contributed by atoms with van der Waals surface area (Å²) in [4.78, 5) is 0. The van der Waals surface area contributed by atoms with Crippen molar-refractivity contribution < 1.29 is 4.42 Å². The average molecular weight is 229 g/mol. The summed E-state index contributed by atoms with van der Waals surface area (Å²) >= 11 is 1.72. The van der Waals surface area contributed by atoms with E-state index < -0.39 is 0 Å². The molecule has 3 aromatic rings. The molecule has 2 nitrogen and oxygen atoms in total. The highest BCUT2D eigenvalue weighted by atomic mass is 32.1. The number of furan rings is 1. The van der Waals surface area contributed by atoms with Gasteiger partial charge in [0.05, 0.1) is 12.3 Å². The van der Waals surface area contributed by atoms with Gasteiger partial charge in [0.15, 0.2) is 0 Å². The molecule has 0 bridgehead atoms. The fraction of sp³-hybridized carbons (Fsp3) is 0.0769. The van der Waals surface area contributed by atoms with Crippen molar-refractivity contribution in [2.45, 2.75) is 6.04 Å². The van der Waals surface area contributed by atoms with Crippen molar-refractivity contribution in [2.75, 3.05) is 0 Å². The van der Waals surface area contributed by atoms with Crippen molar-refractivity contribution in [3.63, 3.8) is 0 Å². The minimum atomic E-state index is -0.183. The van der Waals surface area contributed by atoms with Gasteiger partial charge in [-0.15, -0.1) is 11.3 Å². The number of nitrogens with two attached hydrogens (primary N) is 1. The molecule has 3 heteroatoms. The number of rotatable bonds is 2. The van der Waals surface area contributed by atoms with Crippen LogP contribution in [0.1, 0.15) is 17.4 Å². The van der Waals surface area contributed by atoms with E-state index in [1.54, 1.807) is 17.6 Å². The Kier molecular flexibility index (Phi) is 2.27. The van der Waals surface area contributed by atoms with Gasteiger partial charge >= 0.3 is 0 Å². The molecule has 0 saturated carbocycles. The van der Waals surface area contributed by atoms with E-state index in [2.05, 4.69) is 23.6 Å². The SMILES string of the molecule is NC(c1ccco1)c1cccc2ccsc12. The molecule has 0 fully saturated rings. The molecule has 2 heterocycles. The second-order valence-electron chi connectivity index (χ2n) is 3.68. The number of hydrogen-bond acceptors (Lipinski definition) is 3. The molecule has 1 atom stereocenters. The Morgan fingerprint density at radius 1 is 1.12 bits per heavy atom. The molecule has 2 aromatic heterocycles. The first-order valence-corrected chi connectivity index (χ1v) is 5.99. The highest BCUT2D eigenvalue weighted by Gasteiger charge is 2.14. The third-order valence-electron chi connectivity index (χ3n) is 2.69. The van der Waals surface area contributed by atoms with Gasteiger partial charge in [0, 0.05) is 4.70 Å². The molecule has 0 aliphatic rings. The number of hydrogen-bond donors (Lipinski definition) is 1. The fourth-order valence-corrected chi connectivity index (χ4v) is 2.84. The quantitative estimate of drug-likeness (QED) is 0.730. The normalized spacial score (nSPS) is 13.1. The summed E-state index contributed by atoms with van der Waals surface area (Å²) in [6.07, 6.45) is 1.66. The molecule has 0 aliphatic carbocycles. The largest absolute Gasteiger partial charge is 0.467 e. The lowest BCUT2D eigenvalue weighted by molar-refractivity contribution is 0.491. The van der Waals surface area contributed by atoms with Crippen LogP contribution < -0.4 is 5.73 Å². The van der Waals surface area contributed by atoms with Gasteiger partial charge in [0.25, 0.3) is 0 Å². The molecule has 0 radical (unpaired) electrons. The summed E-state index contributed by atoms with van der Waals surface area (Å²) < 4.78 is 6.60. The molecule has 0 spiro atoms. The zero-order valence-electron chi connectivity index (χ0n) is 8.59. The van der Waals surface area contributed by atoms with Crippen LogP contribution in [0, 0.1) is 0 Å². The van der Waals surface area contributed by atoms with Gasteiger partial charge < -0.3 is 10.2 Å². The van der Waals surface area contributed by atoms with Crippen molar-refractivity contribution in [1.29, 1.82) is 0 Å². The monoisotopic (exact) mass is 229 g/mol. The lowest BCUT2D eigenvalue weighted by atomic mass is 10.0. The first-order valence-electron chi connectivity index (χ1n) is 5.11. The van der Waals surface area contributed by atoms with Crippen molar-refractivity contribution in [2.24, 2.45) is 5.73 Å². The Hall–Kier alpha value is -1.58. The summed E-state index contributed by atoms with van der Waals surface area (Å²) in [6, 6.07) is 11.9. The highest BCUT2D eigenvalue weighted by Crippen LogP contribution is 2.30.